The number of halogens is 4. The molecule has 0 saturated carbocycles. The molecular weight excluding hydrogens is 277 g/mol. The molecule has 19 heavy (non-hydrogen) atoms. The summed E-state index contributed by atoms with van der Waals surface area (Å²) < 4.78 is 38.1. The van der Waals surface area contributed by atoms with Crippen LogP contribution in [-0.4, -0.2) is 25.0 Å². The van der Waals surface area contributed by atoms with Gasteiger partial charge in [0, 0.05) is 5.69 Å². The van der Waals surface area contributed by atoms with Crippen molar-refractivity contribution in [2.45, 2.75) is 24.9 Å². The Morgan fingerprint density at radius 3 is 2.26 bits per heavy atom. The van der Waals surface area contributed by atoms with E-state index in [1.165, 1.54) is 6.07 Å². The first-order chi connectivity index (χ1) is 8.36. The molecule has 0 radical (unpaired) electrons. The van der Waals surface area contributed by atoms with Crippen LogP contribution in [-0.2, 0) is 6.18 Å². The molecule has 0 aromatic heterocycles. The number of alkyl halides is 3. The molecule has 0 atom stereocenters. The van der Waals surface area contributed by atoms with Crippen LogP contribution >= 0.6 is 12.4 Å². The van der Waals surface area contributed by atoms with E-state index in [2.05, 4.69) is 4.90 Å². The van der Waals surface area contributed by atoms with Crippen molar-refractivity contribution in [3.8, 4) is 0 Å². The van der Waals surface area contributed by atoms with Crippen LogP contribution in [0.1, 0.15) is 29.9 Å². The van der Waals surface area contributed by atoms with Gasteiger partial charge in [0.25, 0.3) is 0 Å². The van der Waals surface area contributed by atoms with Gasteiger partial charge in [0.1, 0.15) is 0 Å². The number of benzene rings is 1. The number of rotatable bonds is 1. The molecule has 0 unspecified atom stereocenters. The SMILES string of the molecule is CN1CCC(c2cc(N)cc(C(F)(F)F)c2)CC1.Cl. The van der Waals surface area contributed by atoms with Crippen molar-refractivity contribution in [2.24, 2.45) is 0 Å². The smallest absolute Gasteiger partial charge is 0.399 e. The van der Waals surface area contributed by atoms with E-state index >= 15 is 0 Å². The van der Waals surface area contributed by atoms with Gasteiger partial charge < -0.3 is 10.6 Å². The van der Waals surface area contributed by atoms with Gasteiger partial charge in [0.2, 0.25) is 0 Å². The third-order valence-corrected chi connectivity index (χ3v) is 3.49. The van der Waals surface area contributed by atoms with Gasteiger partial charge in [0.05, 0.1) is 5.56 Å². The zero-order valence-corrected chi connectivity index (χ0v) is 11.5. The van der Waals surface area contributed by atoms with Crippen molar-refractivity contribution in [1.29, 1.82) is 0 Å². The summed E-state index contributed by atoms with van der Waals surface area (Å²) in [5.41, 5.74) is 5.85. The van der Waals surface area contributed by atoms with Gasteiger partial charge in [-0.2, -0.15) is 13.2 Å². The van der Waals surface area contributed by atoms with Crippen LogP contribution in [0.25, 0.3) is 0 Å². The van der Waals surface area contributed by atoms with Crippen LogP contribution in [0.3, 0.4) is 0 Å². The summed E-state index contributed by atoms with van der Waals surface area (Å²) in [7, 11) is 2.02. The molecule has 1 saturated heterocycles. The van der Waals surface area contributed by atoms with E-state index in [0.717, 1.165) is 37.6 Å². The number of hydrogen-bond donors (Lipinski definition) is 1. The van der Waals surface area contributed by atoms with E-state index in [9.17, 15) is 13.2 Å². The first-order valence-corrected chi connectivity index (χ1v) is 6.02. The third-order valence-electron chi connectivity index (χ3n) is 3.49. The maximum atomic E-state index is 12.7. The highest BCUT2D eigenvalue weighted by atomic mass is 35.5. The second-order valence-corrected chi connectivity index (χ2v) is 4.96. The summed E-state index contributed by atoms with van der Waals surface area (Å²) >= 11 is 0. The fourth-order valence-electron chi connectivity index (χ4n) is 2.42. The van der Waals surface area contributed by atoms with E-state index in [-0.39, 0.29) is 24.0 Å². The Bertz CT molecular complexity index is 426. The second kappa shape index (κ2) is 6.01. The Labute approximate surface area is 117 Å². The topological polar surface area (TPSA) is 29.3 Å². The van der Waals surface area contributed by atoms with Crippen molar-refractivity contribution in [2.75, 3.05) is 25.9 Å². The maximum Gasteiger partial charge on any atom is 0.416 e. The molecule has 6 heteroatoms. The minimum absolute atomic E-state index is 0. The summed E-state index contributed by atoms with van der Waals surface area (Å²) in [4.78, 5) is 2.19. The molecule has 0 spiro atoms. The van der Waals surface area contributed by atoms with Crippen LogP contribution in [0.5, 0.6) is 0 Å². The number of anilines is 1. The minimum Gasteiger partial charge on any atom is -0.399 e. The van der Waals surface area contributed by atoms with Crippen LogP contribution < -0.4 is 5.73 Å². The number of nitrogens with two attached hydrogens (primary N) is 1. The summed E-state index contributed by atoms with van der Waals surface area (Å²) in [5.74, 6) is 0.186. The Balaban J connectivity index is 0.00000180. The molecule has 0 aliphatic carbocycles. The van der Waals surface area contributed by atoms with Crippen molar-refractivity contribution < 1.29 is 13.2 Å². The van der Waals surface area contributed by atoms with Crippen molar-refractivity contribution in [3.63, 3.8) is 0 Å². The minimum atomic E-state index is -4.32. The number of nitrogens with zero attached hydrogens (tertiary/aromatic N) is 1. The molecule has 0 bridgehead atoms. The first-order valence-electron chi connectivity index (χ1n) is 6.02. The molecule has 1 heterocycles. The van der Waals surface area contributed by atoms with E-state index < -0.39 is 11.7 Å². The Morgan fingerprint density at radius 1 is 1.16 bits per heavy atom. The highest BCUT2D eigenvalue weighted by Gasteiger charge is 2.32. The van der Waals surface area contributed by atoms with Gasteiger partial charge in [-0.25, -0.2) is 0 Å². The van der Waals surface area contributed by atoms with Gasteiger partial charge in [-0.3, -0.25) is 0 Å². The molecule has 1 aromatic rings. The van der Waals surface area contributed by atoms with Crippen molar-refractivity contribution >= 4 is 18.1 Å². The normalized spacial score (nSPS) is 18.1. The lowest BCUT2D eigenvalue weighted by Crippen LogP contribution is -2.29. The van der Waals surface area contributed by atoms with E-state index in [1.54, 1.807) is 6.07 Å². The highest BCUT2D eigenvalue weighted by molar-refractivity contribution is 5.85. The fraction of sp³-hybridized carbons (Fsp3) is 0.538. The number of likely N-dealkylation sites (tertiary alicyclic amines) is 1. The predicted molar refractivity (Wildman–Crippen MR) is 72.6 cm³/mol. The zero-order valence-electron chi connectivity index (χ0n) is 10.7. The Kier molecular flexibility index (Phi) is 5.10. The Morgan fingerprint density at radius 2 is 1.74 bits per heavy atom. The third kappa shape index (κ3) is 4.01. The molecule has 1 aromatic carbocycles. The van der Waals surface area contributed by atoms with Gasteiger partial charge in [-0.05, 0) is 62.7 Å². The van der Waals surface area contributed by atoms with Gasteiger partial charge in [-0.1, -0.05) is 0 Å². The van der Waals surface area contributed by atoms with Crippen LogP contribution in [0, 0.1) is 0 Å². The second-order valence-electron chi connectivity index (χ2n) is 4.96. The average molecular weight is 295 g/mol. The fourth-order valence-corrected chi connectivity index (χ4v) is 2.42. The molecule has 2 N–H and O–H groups in total. The largest absolute Gasteiger partial charge is 0.416 e. The van der Waals surface area contributed by atoms with Crippen LogP contribution in [0.2, 0.25) is 0 Å². The highest BCUT2D eigenvalue weighted by Crippen LogP contribution is 2.35. The number of nitrogen functional groups attached to an aromatic ring is 1. The Hall–Kier alpha value is -0.940. The predicted octanol–water partition coefficient (Wildman–Crippen LogP) is 3.52. The average Bonchev–Trinajstić information content (AvgIpc) is 2.28. The maximum absolute atomic E-state index is 12.7. The molecular formula is C13H18ClF3N2. The molecule has 2 nitrogen and oxygen atoms in total. The molecule has 1 fully saturated rings. The lowest BCUT2D eigenvalue weighted by atomic mass is 9.88. The molecule has 108 valence electrons. The molecule has 0 amide bonds. The standard InChI is InChI=1S/C13H17F3N2.ClH/c1-18-4-2-9(3-5-18)10-6-11(13(14,15)16)8-12(17)7-10;/h6-9H,2-5,17H2,1H3;1H. The summed E-state index contributed by atoms with van der Waals surface area (Å²) in [5, 5.41) is 0. The number of piperidine rings is 1. The summed E-state index contributed by atoms with van der Waals surface area (Å²) in [6, 6.07) is 3.91. The molecule has 1 aliphatic heterocycles. The molecule has 1 aliphatic rings. The summed E-state index contributed by atoms with van der Waals surface area (Å²) in [6.07, 6.45) is -2.55. The zero-order chi connectivity index (χ0) is 13.3. The van der Waals surface area contributed by atoms with E-state index in [4.69, 9.17) is 5.73 Å². The quantitative estimate of drug-likeness (QED) is 0.803. The summed E-state index contributed by atoms with van der Waals surface area (Å²) in [6.45, 7) is 1.83. The number of hydrogen-bond acceptors (Lipinski definition) is 2. The lowest BCUT2D eigenvalue weighted by Gasteiger charge is -2.29. The van der Waals surface area contributed by atoms with Crippen LogP contribution in [0.15, 0.2) is 18.2 Å². The molecule has 2 rings (SSSR count). The van der Waals surface area contributed by atoms with Crippen molar-refractivity contribution in [3.05, 3.63) is 29.3 Å². The van der Waals surface area contributed by atoms with Crippen LogP contribution in [0.4, 0.5) is 18.9 Å². The lowest BCUT2D eigenvalue weighted by molar-refractivity contribution is -0.137. The van der Waals surface area contributed by atoms with Crippen molar-refractivity contribution in [1.82, 2.24) is 4.90 Å². The van der Waals surface area contributed by atoms with E-state index in [1.807, 2.05) is 7.05 Å². The van der Waals surface area contributed by atoms with E-state index in [0.29, 0.717) is 0 Å². The first kappa shape index (κ1) is 16.1. The van der Waals surface area contributed by atoms with Gasteiger partial charge in [0.15, 0.2) is 0 Å². The van der Waals surface area contributed by atoms with Gasteiger partial charge >= 0.3 is 6.18 Å². The van der Waals surface area contributed by atoms with Gasteiger partial charge in [-0.15, -0.1) is 12.4 Å². The monoisotopic (exact) mass is 294 g/mol.